The zero-order valence-corrected chi connectivity index (χ0v) is 14.4. The maximum absolute atomic E-state index is 12.5. The summed E-state index contributed by atoms with van der Waals surface area (Å²) in [7, 11) is 0. The zero-order valence-electron chi connectivity index (χ0n) is 12.8. The van der Waals surface area contributed by atoms with Gasteiger partial charge in [-0.1, -0.05) is 72.8 Å². The molecule has 0 radical (unpaired) electrons. The second-order valence-electron chi connectivity index (χ2n) is 5.06. The SMILES string of the molecule is CCCCSc1nnc(NC(=O)c2cccc3ccccc23)s1. The van der Waals surface area contributed by atoms with Crippen molar-refractivity contribution in [2.24, 2.45) is 0 Å². The van der Waals surface area contributed by atoms with E-state index in [1.54, 1.807) is 11.8 Å². The maximum Gasteiger partial charge on any atom is 0.258 e. The van der Waals surface area contributed by atoms with Crippen molar-refractivity contribution in [3.8, 4) is 0 Å². The van der Waals surface area contributed by atoms with Gasteiger partial charge in [0.25, 0.3) is 5.91 Å². The highest BCUT2D eigenvalue weighted by molar-refractivity contribution is 8.01. The molecular weight excluding hydrogens is 326 g/mol. The number of hydrogen-bond donors (Lipinski definition) is 1. The molecule has 0 saturated carbocycles. The molecule has 0 atom stereocenters. The van der Waals surface area contributed by atoms with Crippen LogP contribution in [0.4, 0.5) is 5.13 Å². The number of carbonyl (C=O) groups excluding carboxylic acids is 1. The lowest BCUT2D eigenvalue weighted by atomic mass is 10.0. The number of benzene rings is 2. The number of hydrogen-bond acceptors (Lipinski definition) is 5. The van der Waals surface area contributed by atoms with E-state index in [1.165, 1.54) is 11.3 Å². The van der Waals surface area contributed by atoms with Gasteiger partial charge in [-0.05, 0) is 23.3 Å². The van der Waals surface area contributed by atoms with Crippen molar-refractivity contribution < 1.29 is 4.79 Å². The average molecular weight is 343 g/mol. The summed E-state index contributed by atoms with van der Waals surface area (Å²) in [6, 6.07) is 13.6. The first-order valence-corrected chi connectivity index (χ1v) is 9.33. The van der Waals surface area contributed by atoms with Gasteiger partial charge in [-0.2, -0.15) is 0 Å². The first-order chi connectivity index (χ1) is 11.3. The van der Waals surface area contributed by atoms with Crippen molar-refractivity contribution in [3.05, 3.63) is 48.0 Å². The van der Waals surface area contributed by atoms with Crippen molar-refractivity contribution in [2.45, 2.75) is 24.1 Å². The fourth-order valence-corrected chi connectivity index (χ4v) is 4.11. The van der Waals surface area contributed by atoms with E-state index in [4.69, 9.17) is 0 Å². The molecule has 2 aromatic carbocycles. The van der Waals surface area contributed by atoms with Crippen LogP contribution in [0.3, 0.4) is 0 Å². The smallest absolute Gasteiger partial charge is 0.258 e. The number of rotatable bonds is 6. The molecule has 3 aromatic rings. The fourth-order valence-electron chi connectivity index (χ4n) is 2.21. The van der Waals surface area contributed by atoms with Crippen LogP contribution in [0, 0.1) is 0 Å². The third kappa shape index (κ3) is 3.89. The van der Waals surface area contributed by atoms with Gasteiger partial charge in [-0.3, -0.25) is 10.1 Å². The summed E-state index contributed by atoms with van der Waals surface area (Å²) in [6.45, 7) is 2.16. The minimum absolute atomic E-state index is 0.150. The molecule has 0 aliphatic rings. The minimum Gasteiger partial charge on any atom is -0.296 e. The van der Waals surface area contributed by atoms with E-state index in [0.29, 0.717) is 10.7 Å². The van der Waals surface area contributed by atoms with Crippen LogP contribution in [-0.4, -0.2) is 21.9 Å². The Morgan fingerprint density at radius 3 is 2.87 bits per heavy atom. The van der Waals surface area contributed by atoms with Crippen LogP contribution in [0.15, 0.2) is 46.8 Å². The molecule has 23 heavy (non-hydrogen) atoms. The lowest BCUT2D eigenvalue weighted by Gasteiger charge is -2.05. The molecule has 1 aromatic heterocycles. The Morgan fingerprint density at radius 1 is 1.17 bits per heavy atom. The van der Waals surface area contributed by atoms with Gasteiger partial charge >= 0.3 is 0 Å². The lowest BCUT2D eigenvalue weighted by Crippen LogP contribution is -2.12. The van der Waals surface area contributed by atoms with Gasteiger partial charge in [0.05, 0.1) is 0 Å². The number of anilines is 1. The quantitative estimate of drug-likeness (QED) is 0.395. The van der Waals surface area contributed by atoms with Crippen molar-refractivity contribution in [2.75, 3.05) is 11.1 Å². The Labute approximate surface area is 143 Å². The minimum atomic E-state index is -0.150. The molecule has 6 heteroatoms. The van der Waals surface area contributed by atoms with Crippen molar-refractivity contribution in [3.63, 3.8) is 0 Å². The Hall–Kier alpha value is -1.92. The van der Waals surface area contributed by atoms with Crippen LogP contribution >= 0.6 is 23.1 Å². The summed E-state index contributed by atoms with van der Waals surface area (Å²) < 4.78 is 0.895. The molecule has 0 spiro atoms. The molecule has 0 unspecified atom stereocenters. The molecule has 0 aliphatic heterocycles. The van der Waals surface area contributed by atoms with Crippen LogP contribution in [0.25, 0.3) is 10.8 Å². The van der Waals surface area contributed by atoms with E-state index in [-0.39, 0.29) is 5.91 Å². The summed E-state index contributed by atoms with van der Waals surface area (Å²) in [4.78, 5) is 12.5. The molecule has 1 amide bonds. The largest absolute Gasteiger partial charge is 0.296 e. The monoisotopic (exact) mass is 343 g/mol. The third-order valence-electron chi connectivity index (χ3n) is 3.38. The van der Waals surface area contributed by atoms with Crippen molar-refractivity contribution in [1.82, 2.24) is 10.2 Å². The number of thioether (sulfide) groups is 1. The van der Waals surface area contributed by atoms with Crippen LogP contribution in [0.2, 0.25) is 0 Å². The Bertz CT molecular complexity index is 811. The van der Waals surface area contributed by atoms with Gasteiger partial charge in [0, 0.05) is 11.3 Å². The molecule has 1 heterocycles. The molecule has 0 bridgehead atoms. The first kappa shape index (κ1) is 16.0. The second kappa shape index (κ2) is 7.57. The van der Waals surface area contributed by atoms with E-state index in [0.717, 1.165) is 33.7 Å². The molecular formula is C17H17N3OS2. The first-order valence-electron chi connectivity index (χ1n) is 7.53. The summed E-state index contributed by atoms with van der Waals surface area (Å²) in [5, 5.41) is 13.6. The standard InChI is InChI=1S/C17H17N3OS2/c1-2-3-11-22-17-20-19-16(23-17)18-15(21)14-10-6-8-12-7-4-5-9-13(12)14/h4-10H,2-3,11H2,1H3,(H,18,19,21). The average Bonchev–Trinajstić information content (AvgIpc) is 3.02. The van der Waals surface area contributed by atoms with Crippen LogP contribution < -0.4 is 5.32 Å². The Morgan fingerprint density at radius 2 is 2.00 bits per heavy atom. The topological polar surface area (TPSA) is 54.9 Å². The molecule has 118 valence electrons. The molecule has 4 nitrogen and oxygen atoms in total. The van der Waals surface area contributed by atoms with Crippen LogP contribution in [0.5, 0.6) is 0 Å². The number of fused-ring (bicyclic) bond motifs is 1. The van der Waals surface area contributed by atoms with Gasteiger partial charge in [0.2, 0.25) is 5.13 Å². The van der Waals surface area contributed by atoms with E-state index in [1.807, 2.05) is 42.5 Å². The van der Waals surface area contributed by atoms with Crippen LogP contribution in [-0.2, 0) is 0 Å². The summed E-state index contributed by atoms with van der Waals surface area (Å²) in [5.41, 5.74) is 0.651. The number of nitrogens with one attached hydrogen (secondary N) is 1. The van der Waals surface area contributed by atoms with E-state index in [2.05, 4.69) is 22.4 Å². The molecule has 0 aliphatic carbocycles. The van der Waals surface area contributed by atoms with E-state index >= 15 is 0 Å². The van der Waals surface area contributed by atoms with E-state index in [9.17, 15) is 4.79 Å². The van der Waals surface area contributed by atoms with Gasteiger partial charge < -0.3 is 0 Å². The highest BCUT2D eigenvalue weighted by Crippen LogP contribution is 2.27. The predicted octanol–water partition coefficient (Wildman–Crippen LogP) is 4.84. The highest BCUT2D eigenvalue weighted by atomic mass is 32.2. The molecule has 3 rings (SSSR count). The number of amides is 1. The Kier molecular flexibility index (Phi) is 5.25. The molecule has 0 saturated heterocycles. The number of nitrogens with zero attached hydrogens (tertiary/aromatic N) is 2. The summed E-state index contributed by atoms with van der Waals surface area (Å²) >= 11 is 3.11. The number of unbranched alkanes of at least 4 members (excludes halogenated alkanes) is 1. The predicted molar refractivity (Wildman–Crippen MR) is 97.4 cm³/mol. The molecule has 1 N–H and O–H groups in total. The highest BCUT2D eigenvalue weighted by Gasteiger charge is 2.12. The van der Waals surface area contributed by atoms with Crippen LogP contribution in [0.1, 0.15) is 30.1 Å². The van der Waals surface area contributed by atoms with Gasteiger partial charge in [0.15, 0.2) is 4.34 Å². The van der Waals surface area contributed by atoms with Gasteiger partial charge in [-0.15, -0.1) is 10.2 Å². The Balaban J connectivity index is 1.73. The number of carbonyl (C=O) groups is 1. The maximum atomic E-state index is 12.5. The third-order valence-corrected chi connectivity index (χ3v) is 5.44. The zero-order chi connectivity index (χ0) is 16.1. The second-order valence-corrected chi connectivity index (χ2v) is 7.38. The van der Waals surface area contributed by atoms with Gasteiger partial charge in [0.1, 0.15) is 0 Å². The summed E-state index contributed by atoms with van der Waals surface area (Å²) in [6.07, 6.45) is 2.32. The fraction of sp³-hybridized carbons (Fsp3) is 0.235. The molecule has 0 fully saturated rings. The number of aromatic nitrogens is 2. The normalized spacial score (nSPS) is 10.8. The van der Waals surface area contributed by atoms with Gasteiger partial charge in [-0.25, -0.2) is 0 Å². The van der Waals surface area contributed by atoms with Crippen molar-refractivity contribution in [1.29, 1.82) is 0 Å². The lowest BCUT2D eigenvalue weighted by molar-refractivity contribution is 0.102. The van der Waals surface area contributed by atoms with E-state index < -0.39 is 0 Å². The summed E-state index contributed by atoms with van der Waals surface area (Å²) in [5.74, 6) is 0.880. The van der Waals surface area contributed by atoms with Crippen molar-refractivity contribution >= 4 is 44.9 Å².